The van der Waals surface area contributed by atoms with E-state index < -0.39 is 0 Å². The smallest absolute Gasteiger partial charge is 0.254 e. The van der Waals surface area contributed by atoms with E-state index in [1.54, 1.807) is 12.1 Å². The number of amides is 1. The molecule has 2 aromatic carbocycles. The van der Waals surface area contributed by atoms with Crippen LogP contribution in [0.2, 0.25) is 0 Å². The van der Waals surface area contributed by atoms with Gasteiger partial charge in [-0.05, 0) is 46.7 Å². The first-order valence-electron chi connectivity index (χ1n) is 9.21. The summed E-state index contributed by atoms with van der Waals surface area (Å²) in [7, 11) is 1.97. The molecule has 0 aliphatic heterocycles. The van der Waals surface area contributed by atoms with Gasteiger partial charge in [0.05, 0.1) is 28.3 Å². The lowest BCUT2D eigenvalue weighted by atomic mass is 10.0. The van der Waals surface area contributed by atoms with Gasteiger partial charge in [0.25, 0.3) is 5.91 Å². The predicted octanol–water partition coefficient (Wildman–Crippen LogP) is 3.44. The molecule has 1 atom stereocenters. The van der Waals surface area contributed by atoms with Crippen molar-refractivity contribution < 1.29 is 4.79 Å². The minimum absolute atomic E-state index is 0.137. The summed E-state index contributed by atoms with van der Waals surface area (Å²) in [4.78, 5) is 18.0. The Bertz CT molecular complexity index is 1170. The van der Waals surface area contributed by atoms with Crippen molar-refractivity contribution >= 4 is 32.9 Å². The van der Waals surface area contributed by atoms with E-state index in [2.05, 4.69) is 50.6 Å². The first kappa shape index (κ1) is 19.3. The van der Waals surface area contributed by atoms with Gasteiger partial charge in [-0.15, -0.1) is 5.10 Å². The Morgan fingerprint density at radius 3 is 2.66 bits per heavy atom. The van der Waals surface area contributed by atoms with E-state index in [1.807, 2.05) is 41.9 Å². The number of carbonyl (C=O) groups is 1. The lowest BCUT2D eigenvalue weighted by Crippen LogP contribution is -2.34. The Labute approximate surface area is 176 Å². The number of para-hydroxylation sites is 2. The van der Waals surface area contributed by atoms with Gasteiger partial charge in [-0.3, -0.25) is 4.79 Å². The molecule has 0 fully saturated rings. The summed E-state index contributed by atoms with van der Waals surface area (Å²) < 4.78 is 4.30. The average Bonchev–Trinajstić information content (AvgIpc) is 3.34. The number of hydrogen-bond donors (Lipinski definition) is 1. The summed E-state index contributed by atoms with van der Waals surface area (Å²) in [5.74, 6) is 0.731. The van der Waals surface area contributed by atoms with Crippen molar-refractivity contribution in [3.05, 3.63) is 64.7 Å². The quantitative estimate of drug-likeness (QED) is 0.499. The fraction of sp³-hybridized carbons (Fsp3) is 0.250. The molecule has 2 aromatic heterocycles. The monoisotopic (exact) mass is 453 g/mol. The summed E-state index contributed by atoms with van der Waals surface area (Å²) in [6.45, 7) is 4.13. The van der Waals surface area contributed by atoms with Crippen LogP contribution in [0.4, 0.5) is 0 Å². The number of rotatable bonds is 5. The zero-order chi connectivity index (χ0) is 20.5. The molecule has 2 heterocycles. The van der Waals surface area contributed by atoms with Crippen LogP contribution in [0.15, 0.2) is 53.3 Å². The molecule has 0 radical (unpaired) electrons. The number of nitrogens with zero attached hydrogens (tertiary/aromatic N) is 6. The van der Waals surface area contributed by atoms with E-state index in [1.165, 1.54) is 11.0 Å². The second kappa shape index (κ2) is 7.75. The number of tetrazole rings is 1. The van der Waals surface area contributed by atoms with Crippen molar-refractivity contribution in [3.63, 3.8) is 0 Å². The van der Waals surface area contributed by atoms with Gasteiger partial charge in [-0.1, -0.05) is 41.9 Å². The first-order chi connectivity index (χ1) is 14.0. The first-order valence-corrected chi connectivity index (χ1v) is 10.00. The number of halogens is 1. The highest BCUT2D eigenvalue weighted by Crippen LogP contribution is 2.26. The summed E-state index contributed by atoms with van der Waals surface area (Å²) in [6, 6.07) is 13.1. The lowest BCUT2D eigenvalue weighted by Gasteiger charge is -2.23. The Kier molecular flexibility index (Phi) is 5.14. The van der Waals surface area contributed by atoms with Gasteiger partial charge in [0.1, 0.15) is 12.2 Å². The normalized spacial score (nSPS) is 12.4. The van der Waals surface area contributed by atoms with Crippen LogP contribution in [0.25, 0.3) is 16.7 Å². The van der Waals surface area contributed by atoms with Crippen molar-refractivity contribution in [1.29, 1.82) is 0 Å². The third-order valence-electron chi connectivity index (χ3n) is 4.85. The highest BCUT2D eigenvalue weighted by molar-refractivity contribution is 9.10. The molecule has 1 N–H and O–H groups in total. The van der Waals surface area contributed by atoms with Crippen molar-refractivity contribution in [3.8, 4) is 5.69 Å². The molecule has 0 saturated carbocycles. The molecule has 0 spiro atoms. The second-order valence-electron chi connectivity index (χ2n) is 7.13. The van der Waals surface area contributed by atoms with Crippen LogP contribution < -0.4 is 5.32 Å². The van der Waals surface area contributed by atoms with E-state index in [0.29, 0.717) is 11.3 Å². The van der Waals surface area contributed by atoms with E-state index in [9.17, 15) is 4.79 Å². The topological polar surface area (TPSA) is 90.5 Å². The summed E-state index contributed by atoms with van der Waals surface area (Å²) in [5.41, 5.74) is 3.00. The van der Waals surface area contributed by atoms with Crippen molar-refractivity contribution in [2.45, 2.75) is 19.9 Å². The molecule has 0 bridgehead atoms. The van der Waals surface area contributed by atoms with Gasteiger partial charge < -0.3 is 9.88 Å². The fourth-order valence-corrected chi connectivity index (χ4v) is 3.71. The zero-order valence-corrected chi connectivity index (χ0v) is 17.8. The summed E-state index contributed by atoms with van der Waals surface area (Å²) >= 11 is 3.45. The Hall–Kier alpha value is -3.07. The number of aromatic nitrogens is 6. The molecule has 29 heavy (non-hydrogen) atoms. The maximum Gasteiger partial charge on any atom is 0.254 e. The molecule has 0 aliphatic rings. The standard InChI is InChI=1S/C20H20BrN7O/c1-12(2)18(19-23-15-6-4-5-7-17(15)27(19)3)24-20(29)14-10-13(21)8-9-16(14)28-11-22-25-26-28/h4-12,18H,1-3H3,(H,24,29)/t18-/m0/s1. The summed E-state index contributed by atoms with van der Waals surface area (Å²) in [6.07, 6.45) is 1.46. The third-order valence-corrected chi connectivity index (χ3v) is 5.35. The van der Waals surface area contributed by atoms with E-state index in [-0.39, 0.29) is 17.9 Å². The lowest BCUT2D eigenvalue weighted by molar-refractivity contribution is 0.0922. The van der Waals surface area contributed by atoms with Gasteiger partial charge in [0.2, 0.25) is 0 Å². The molecule has 9 heteroatoms. The zero-order valence-electron chi connectivity index (χ0n) is 16.2. The number of aryl methyl sites for hydroxylation is 1. The molecular formula is C20H20BrN7O. The third kappa shape index (κ3) is 3.65. The number of benzene rings is 2. The van der Waals surface area contributed by atoms with Crippen LogP contribution in [0, 0.1) is 5.92 Å². The number of hydrogen-bond acceptors (Lipinski definition) is 5. The second-order valence-corrected chi connectivity index (χ2v) is 8.04. The molecule has 1 amide bonds. The maximum absolute atomic E-state index is 13.3. The minimum atomic E-state index is -0.263. The van der Waals surface area contributed by atoms with Crippen LogP contribution >= 0.6 is 15.9 Å². The van der Waals surface area contributed by atoms with Crippen LogP contribution in [-0.2, 0) is 7.05 Å². The van der Waals surface area contributed by atoms with Crippen LogP contribution in [0.1, 0.15) is 36.1 Å². The number of imidazole rings is 1. The molecule has 0 aliphatic carbocycles. The number of carbonyl (C=O) groups excluding carboxylic acids is 1. The highest BCUT2D eigenvalue weighted by atomic mass is 79.9. The van der Waals surface area contributed by atoms with Crippen molar-refractivity contribution in [2.24, 2.45) is 13.0 Å². The van der Waals surface area contributed by atoms with E-state index in [0.717, 1.165) is 21.3 Å². The van der Waals surface area contributed by atoms with Gasteiger partial charge >= 0.3 is 0 Å². The van der Waals surface area contributed by atoms with Crippen molar-refractivity contribution in [1.82, 2.24) is 35.1 Å². The maximum atomic E-state index is 13.3. The fourth-order valence-electron chi connectivity index (χ4n) is 3.35. The van der Waals surface area contributed by atoms with Gasteiger partial charge in [0.15, 0.2) is 0 Å². The van der Waals surface area contributed by atoms with Crippen LogP contribution in [0.5, 0.6) is 0 Å². The molecule has 148 valence electrons. The van der Waals surface area contributed by atoms with Crippen molar-refractivity contribution in [2.75, 3.05) is 0 Å². The molecule has 8 nitrogen and oxygen atoms in total. The Balaban J connectivity index is 1.72. The Morgan fingerprint density at radius 2 is 1.97 bits per heavy atom. The Morgan fingerprint density at radius 1 is 1.17 bits per heavy atom. The SMILES string of the molecule is CC(C)[C@H](NC(=O)c1cc(Br)ccc1-n1cnnn1)c1nc2ccccc2n1C. The highest BCUT2D eigenvalue weighted by Gasteiger charge is 2.26. The molecule has 0 unspecified atom stereocenters. The van der Waals surface area contributed by atoms with Crippen LogP contribution in [0.3, 0.4) is 0 Å². The van der Waals surface area contributed by atoms with Gasteiger partial charge in [-0.25, -0.2) is 4.98 Å². The van der Waals surface area contributed by atoms with Crippen LogP contribution in [-0.4, -0.2) is 35.7 Å². The van der Waals surface area contributed by atoms with Gasteiger partial charge in [0, 0.05) is 11.5 Å². The number of nitrogens with one attached hydrogen (secondary N) is 1. The van der Waals surface area contributed by atoms with E-state index in [4.69, 9.17) is 4.98 Å². The molecule has 4 aromatic rings. The minimum Gasteiger partial charge on any atom is -0.342 e. The molecular weight excluding hydrogens is 434 g/mol. The van der Waals surface area contributed by atoms with E-state index >= 15 is 0 Å². The molecule has 4 rings (SSSR count). The average molecular weight is 454 g/mol. The molecule has 0 saturated heterocycles. The predicted molar refractivity (Wildman–Crippen MR) is 113 cm³/mol. The van der Waals surface area contributed by atoms with Gasteiger partial charge in [-0.2, -0.15) is 4.68 Å². The largest absolute Gasteiger partial charge is 0.342 e. The summed E-state index contributed by atoms with van der Waals surface area (Å²) in [5, 5.41) is 14.4. The number of fused-ring (bicyclic) bond motifs is 1.